The summed E-state index contributed by atoms with van der Waals surface area (Å²) < 4.78 is 4.12. The first-order valence-corrected chi connectivity index (χ1v) is 1.98. The second-order valence-corrected chi connectivity index (χ2v) is 0.961. The molecule has 0 heterocycles. The van der Waals surface area contributed by atoms with Gasteiger partial charge in [0, 0.05) is 0 Å². The van der Waals surface area contributed by atoms with E-state index >= 15 is 0 Å². The molecule has 0 spiro atoms. The van der Waals surface area contributed by atoms with E-state index in [-0.39, 0.29) is 32.0 Å². The summed E-state index contributed by atoms with van der Waals surface area (Å²) in [6, 6.07) is 0. The van der Waals surface area contributed by atoms with Gasteiger partial charge in [-0.15, -0.1) is 0 Å². The van der Waals surface area contributed by atoms with E-state index in [1.54, 1.807) is 6.92 Å². The third-order valence-corrected chi connectivity index (χ3v) is 0.584. The van der Waals surface area contributed by atoms with E-state index in [2.05, 4.69) is 4.52 Å². The van der Waals surface area contributed by atoms with Crippen molar-refractivity contribution in [3.63, 3.8) is 0 Å². The first-order chi connectivity index (χ1) is 2.81. The second-order valence-electron chi connectivity index (χ2n) is 0.726. The van der Waals surface area contributed by atoms with Crippen LogP contribution >= 0.6 is 9.47 Å². The minimum atomic E-state index is -0.319. The quantitative estimate of drug-likeness (QED) is 0.434. The monoisotopic (exact) mass is 171 g/mol. The zero-order valence-corrected chi connectivity index (χ0v) is 7.47. The molecule has 0 saturated carbocycles. The summed E-state index contributed by atoms with van der Waals surface area (Å²) in [5.41, 5.74) is 0. The van der Waals surface area contributed by atoms with E-state index in [1.165, 1.54) is 6.42 Å². The topological polar surface area (TPSA) is 26.3 Å². The van der Waals surface area contributed by atoms with E-state index in [0.717, 1.165) is 0 Å². The van der Waals surface area contributed by atoms with Crippen molar-refractivity contribution in [1.82, 2.24) is 0 Å². The van der Waals surface area contributed by atoms with Crippen LogP contribution in [0.4, 0.5) is 0 Å². The fourth-order valence-corrected chi connectivity index (χ4v) is 0.204. The molecule has 0 saturated heterocycles. The van der Waals surface area contributed by atoms with Gasteiger partial charge in [0.1, 0.15) is 0 Å². The zero-order valence-electron chi connectivity index (χ0n) is 4.92. The molecule has 4 heteroatoms. The average Bonchev–Trinajstić information content (AvgIpc) is 1.65. The van der Waals surface area contributed by atoms with Gasteiger partial charge in [0.25, 0.3) is 0 Å². The summed E-state index contributed by atoms with van der Waals surface area (Å²) in [6.07, 6.45) is 1.34. The number of hydrogen-bond acceptors (Lipinski definition) is 2. The Balaban J connectivity index is -0.000000125. The summed E-state index contributed by atoms with van der Waals surface area (Å²) in [5.74, 6) is -0.319. The molecule has 2 nitrogen and oxygen atoms in total. The van der Waals surface area contributed by atoms with Crippen LogP contribution in [-0.4, -0.2) is 5.97 Å². The molecule has 0 bridgehead atoms. The maximum absolute atomic E-state index is 9.88. The normalized spacial score (nSPS) is 5.25. The Morgan fingerprint density at radius 2 is 2.12 bits per heavy atom. The summed E-state index contributed by atoms with van der Waals surface area (Å²) in [6.45, 7) is 1.62. The molecule has 0 aliphatic carbocycles. The van der Waals surface area contributed by atoms with Crippen molar-refractivity contribution < 1.29 is 27.9 Å². The van der Waals surface area contributed by atoms with E-state index in [4.69, 9.17) is 0 Å². The zero-order chi connectivity index (χ0) is 4.99. The Bertz CT molecular complexity index is 52.0. The minimum absolute atomic E-state index is 0. The maximum atomic E-state index is 9.88. The van der Waals surface area contributed by atoms with Crippen molar-refractivity contribution >= 4 is 15.4 Å². The molecule has 0 aromatic heterocycles. The Morgan fingerprint density at radius 1 is 1.75 bits per heavy atom. The van der Waals surface area contributed by atoms with Crippen LogP contribution in [-0.2, 0) is 27.9 Å². The van der Waals surface area contributed by atoms with Crippen LogP contribution in [0.25, 0.3) is 0 Å². The Morgan fingerprint density at radius 3 is 2.12 bits per heavy atom. The van der Waals surface area contributed by atoms with Crippen LogP contribution < -0.4 is 0 Å². The number of hydrogen-bond donors (Lipinski definition) is 0. The summed E-state index contributed by atoms with van der Waals surface area (Å²) >= 11 is 0. The molecule has 8 heavy (non-hydrogen) atoms. The largest absolute Gasteiger partial charge is 2.00 e. The van der Waals surface area contributed by atoms with E-state index in [1.807, 2.05) is 9.47 Å². The molecular formula is C4H9O2PV. The van der Waals surface area contributed by atoms with Crippen molar-refractivity contribution in [2.75, 3.05) is 0 Å². The van der Waals surface area contributed by atoms with Crippen LogP contribution in [0.15, 0.2) is 0 Å². The van der Waals surface area contributed by atoms with Gasteiger partial charge in [-0.25, -0.2) is 0 Å². The van der Waals surface area contributed by atoms with Gasteiger partial charge >= 0.3 is 18.6 Å². The van der Waals surface area contributed by atoms with Crippen LogP contribution in [0, 0.1) is 13.8 Å². The third kappa shape index (κ3) is 9.61. The van der Waals surface area contributed by atoms with Crippen molar-refractivity contribution in [2.45, 2.75) is 6.92 Å². The summed E-state index contributed by atoms with van der Waals surface area (Å²) in [5, 5.41) is 0. The Kier molecular flexibility index (Phi) is 20.4. The van der Waals surface area contributed by atoms with Gasteiger partial charge in [0.15, 0.2) is 5.97 Å². The van der Waals surface area contributed by atoms with E-state index in [9.17, 15) is 4.79 Å². The first kappa shape index (κ1) is 15.8. The minimum Gasteiger partial charge on any atom is -0.475 e. The van der Waals surface area contributed by atoms with Crippen LogP contribution in [0.5, 0.6) is 0 Å². The number of carbonyl (C=O) groups excluding carboxylic acids is 1. The Labute approximate surface area is 64.5 Å². The standard InChI is InChI=1S/C3H6O2P.CH3.V/c1-2-3(4)5-6;;/h2H,6H2,1H3;1H3;/q2*-1;+2. The Hall–Kier alpha value is 0.354. The molecule has 0 aromatic rings. The molecule has 0 rings (SSSR count). The predicted octanol–water partition coefficient (Wildman–Crippen LogP) is 0.992. The maximum Gasteiger partial charge on any atom is 2.00 e. The van der Waals surface area contributed by atoms with Gasteiger partial charge in [-0.1, -0.05) is 0 Å². The predicted molar refractivity (Wildman–Crippen MR) is 32.2 cm³/mol. The summed E-state index contributed by atoms with van der Waals surface area (Å²) in [7, 11) is 1.86. The van der Waals surface area contributed by atoms with Gasteiger partial charge in [0.2, 0.25) is 0 Å². The SMILES string of the molecule is C[CH-]C(=O)OP.[CH3-].[V+2]. The molecular weight excluding hydrogens is 162 g/mol. The molecule has 47 valence electrons. The molecule has 0 amide bonds. The van der Waals surface area contributed by atoms with E-state index in [0.29, 0.717) is 0 Å². The van der Waals surface area contributed by atoms with Crippen LogP contribution in [0.2, 0.25) is 0 Å². The van der Waals surface area contributed by atoms with E-state index < -0.39 is 0 Å². The van der Waals surface area contributed by atoms with Crippen molar-refractivity contribution in [3.05, 3.63) is 13.8 Å². The number of rotatable bonds is 1. The second kappa shape index (κ2) is 10.4. The molecule has 0 aromatic carbocycles. The molecule has 0 N–H and O–H groups in total. The van der Waals surface area contributed by atoms with Gasteiger partial charge in [-0.05, 0) is 0 Å². The van der Waals surface area contributed by atoms with Gasteiger partial charge in [-0.2, -0.15) is 6.92 Å². The fourth-order valence-electron chi connectivity index (χ4n) is 0.0680. The van der Waals surface area contributed by atoms with Crippen molar-refractivity contribution in [1.29, 1.82) is 0 Å². The first-order valence-electron chi connectivity index (χ1n) is 1.51. The van der Waals surface area contributed by atoms with Crippen molar-refractivity contribution in [2.24, 2.45) is 0 Å². The molecule has 1 radical (unpaired) electrons. The molecule has 1 atom stereocenters. The van der Waals surface area contributed by atoms with Gasteiger partial charge in [0.05, 0.1) is 9.47 Å². The van der Waals surface area contributed by atoms with Crippen LogP contribution in [0.1, 0.15) is 6.92 Å². The average molecular weight is 171 g/mol. The summed E-state index contributed by atoms with van der Waals surface area (Å²) in [4.78, 5) is 9.88. The van der Waals surface area contributed by atoms with Gasteiger partial charge < -0.3 is 12.0 Å². The molecule has 0 aliphatic heterocycles. The molecule has 1 unspecified atom stereocenters. The third-order valence-electron chi connectivity index (χ3n) is 0.352. The van der Waals surface area contributed by atoms with Gasteiger partial charge in [-0.3, -0.25) is 11.2 Å². The van der Waals surface area contributed by atoms with Crippen LogP contribution in [0.3, 0.4) is 0 Å². The fraction of sp³-hybridized carbons (Fsp3) is 0.250. The molecule has 0 fully saturated rings. The number of carbonyl (C=O) groups is 1. The van der Waals surface area contributed by atoms with Crippen molar-refractivity contribution in [3.8, 4) is 0 Å². The molecule has 0 aliphatic rings. The smallest absolute Gasteiger partial charge is 0.475 e.